The van der Waals surface area contributed by atoms with E-state index >= 15 is 0 Å². The highest BCUT2D eigenvalue weighted by Crippen LogP contribution is 2.23. The summed E-state index contributed by atoms with van der Waals surface area (Å²) in [6, 6.07) is 10.4. The molecule has 0 bridgehead atoms. The Labute approximate surface area is 118 Å². The summed E-state index contributed by atoms with van der Waals surface area (Å²) in [6.45, 7) is 6.55. The molecular weight excluding hydrogens is 256 g/mol. The number of aromatic nitrogens is 2. The van der Waals surface area contributed by atoms with Crippen LogP contribution in [0, 0.1) is 5.92 Å². The van der Waals surface area contributed by atoms with E-state index in [1.165, 1.54) is 5.56 Å². The fourth-order valence-electron chi connectivity index (χ4n) is 1.78. The SMILES string of the molecule is CC(C)CSc1nnc(CC(C)c2ccccc2)o1. The van der Waals surface area contributed by atoms with E-state index in [0.717, 1.165) is 18.1 Å². The Bertz CT molecular complexity index is 496. The molecule has 0 spiro atoms. The van der Waals surface area contributed by atoms with Crippen molar-refractivity contribution in [3.8, 4) is 0 Å². The van der Waals surface area contributed by atoms with Crippen LogP contribution in [0.25, 0.3) is 0 Å². The fraction of sp³-hybridized carbons (Fsp3) is 0.467. The summed E-state index contributed by atoms with van der Waals surface area (Å²) in [5.41, 5.74) is 1.30. The summed E-state index contributed by atoms with van der Waals surface area (Å²) >= 11 is 1.63. The second-order valence-corrected chi connectivity index (χ2v) is 6.15. The van der Waals surface area contributed by atoms with Crippen LogP contribution in [0.15, 0.2) is 40.0 Å². The Balaban J connectivity index is 1.93. The minimum Gasteiger partial charge on any atom is -0.416 e. The van der Waals surface area contributed by atoms with Gasteiger partial charge in [0.05, 0.1) is 0 Å². The highest BCUT2D eigenvalue weighted by molar-refractivity contribution is 7.99. The number of hydrogen-bond donors (Lipinski definition) is 0. The van der Waals surface area contributed by atoms with Crippen molar-refractivity contribution in [2.24, 2.45) is 5.92 Å². The molecule has 1 aromatic heterocycles. The maximum absolute atomic E-state index is 5.67. The minimum atomic E-state index is 0.393. The van der Waals surface area contributed by atoms with Crippen molar-refractivity contribution in [2.45, 2.75) is 38.3 Å². The van der Waals surface area contributed by atoms with Crippen LogP contribution >= 0.6 is 11.8 Å². The third-order valence-corrected chi connectivity index (χ3v) is 4.08. The number of hydrogen-bond acceptors (Lipinski definition) is 4. The smallest absolute Gasteiger partial charge is 0.276 e. The monoisotopic (exact) mass is 276 g/mol. The highest BCUT2D eigenvalue weighted by Gasteiger charge is 2.12. The third kappa shape index (κ3) is 4.39. The van der Waals surface area contributed by atoms with E-state index in [-0.39, 0.29) is 0 Å². The minimum absolute atomic E-state index is 0.393. The lowest BCUT2D eigenvalue weighted by atomic mass is 9.98. The molecule has 0 saturated carbocycles. The van der Waals surface area contributed by atoms with Crippen molar-refractivity contribution < 1.29 is 4.42 Å². The van der Waals surface area contributed by atoms with Crippen molar-refractivity contribution >= 4 is 11.8 Å². The summed E-state index contributed by atoms with van der Waals surface area (Å²) in [4.78, 5) is 0. The first kappa shape index (κ1) is 14.1. The molecule has 4 heteroatoms. The maximum Gasteiger partial charge on any atom is 0.276 e. The highest BCUT2D eigenvalue weighted by atomic mass is 32.2. The number of nitrogens with zero attached hydrogens (tertiary/aromatic N) is 2. The molecule has 1 unspecified atom stereocenters. The van der Waals surface area contributed by atoms with Gasteiger partial charge in [-0.3, -0.25) is 0 Å². The number of rotatable bonds is 6. The van der Waals surface area contributed by atoms with Crippen LogP contribution < -0.4 is 0 Å². The summed E-state index contributed by atoms with van der Waals surface area (Å²) in [7, 11) is 0. The van der Waals surface area contributed by atoms with Crippen molar-refractivity contribution in [2.75, 3.05) is 5.75 Å². The average Bonchev–Trinajstić information content (AvgIpc) is 2.85. The van der Waals surface area contributed by atoms with Crippen LogP contribution in [-0.2, 0) is 6.42 Å². The molecule has 2 rings (SSSR count). The molecule has 0 aliphatic heterocycles. The normalized spacial score (nSPS) is 12.8. The summed E-state index contributed by atoms with van der Waals surface area (Å²) in [5.74, 6) is 2.76. The van der Waals surface area contributed by atoms with Gasteiger partial charge in [-0.15, -0.1) is 10.2 Å². The molecule has 0 amide bonds. The van der Waals surface area contributed by atoms with Gasteiger partial charge >= 0.3 is 0 Å². The molecule has 1 atom stereocenters. The number of thioether (sulfide) groups is 1. The first-order valence-corrected chi connectivity index (χ1v) is 7.64. The second-order valence-electron chi connectivity index (χ2n) is 5.18. The molecule has 0 fully saturated rings. The van der Waals surface area contributed by atoms with Gasteiger partial charge in [0.15, 0.2) is 0 Å². The van der Waals surface area contributed by atoms with Crippen LogP contribution in [-0.4, -0.2) is 16.0 Å². The van der Waals surface area contributed by atoms with Gasteiger partial charge in [0, 0.05) is 12.2 Å². The standard InChI is InChI=1S/C15H20N2OS/c1-11(2)10-19-15-17-16-14(18-15)9-12(3)13-7-5-4-6-8-13/h4-8,11-12H,9-10H2,1-3H3. The molecule has 19 heavy (non-hydrogen) atoms. The molecule has 0 N–H and O–H groups in total. The van der Waals surface area contributed by atoms with Gasteiger partial charge in [-0.25, -0.2) is 0 Å². The van der Waals surface area contributed by atoms with Gasteiger partial charge < -0.3 is 4.42 Å². The Morgan fingerprint density at radius 1 is 1.11 bits per heavy atom. The Morgan fingerprint density at radius 3 is 2.53 bits per heavy atom. The zero-order valence-corrected chi connectivity index (χ0v) is 12.5. The van der Waals surface area contributed by atoms with Crippen LogP contribution in [0.1, 0.15) is 38.1 Å². The first-order valence-electron chi connectivity index (χ1n) is 6.65. The van der Waals surface area contributed by atoms with Gasteiger partial charge in [-0.2, -0.15) is 0 Å². The Hall–Kier alpha value is -1.29. The van der Waals surface area contributed by atoms with Gasteiger partial charge in [-0.1, -0.05) is 62.9 Å². The summed E-state index contributed by atoms with van der Waals surface area (Å²) in [6.07, 6.45) is 0.791. The van der Waals surface area contributed by atoms with Crippen LogP contribution in [0.4, 0.5) is 0 Å². The van der Waals surface area contributed by atoms with E-state index in [9.17, 15) is 0 Å². The molecule has 0 saturated heterocycles. The second kappa shape index (κ2) is 6.75. The maximum atomic E-state index is 5.67. The predicted molar refractivity (Wildman–Crippen MR) is 78.4 cm³/mol. The van der Waals surface area contributed by atoms with E-state index in [4.69, 9.17) is 4.42 Å². The van der Waals surface area contributed by atoms with Gasteiger partial charge in [0.25, 0.3) is 5.22 Å². The van der Waals surface area contributed by atoms with Gasteiger partial charge in [0.1, 0.15) is 0 Å². The molecule has 1 heterocycles. The summed E-state index contributed by atoms with van der Waals surface area (Å²) < 4.78 is 5.67. The molecule has 0 aliphatic rings. The molecular formula is C15H20N2OS. The molecule has 1 aromatic carbocycles. The van der Waals surface area contributed by atoms with Gasteiger partial charge in [-0.05, 0) is 17.4 Å². The lowest BCUT2D eigenvalue weighted by Gasteiger charge is -2.08. The van der Waals surface area contributed by atoms with E-state index in [1.54, 1.807) is 11.8 Å². The van der Waals surface area contributed by atoms with Crippen molar-refractivity contribution in [3.05, 3.63) is 41.8 Å². The molecule has 0 aliphatic carbocycles. The first-order chi connectivity index (χ1) is 9.15. The quantitative estimate of drug-likeness (QED) is 0.742. The molecule has 3 nitrogen and oxygen atoms in total. The predicted octanol–water partition coefficient (Wildman–Crippen LogP) is 4.16. The molecule has 2 aromatic rings. The zero-order chi connectivity index (χ0) is 13.7. The molecule has 0 radical (unpaired) electrons. The van der Waals surface area contributed by atoms with Crippen molar-refractivity contribution in [3.63, 3.8) is 0 Å². The Kier molecular flexibility index (Phi) is 5.02. The fourth-order valence-corrected chi connectivity index (χ4v) is 2.51. The van der Waals surface area contributed by atoms with E-state index in [0.29, 0.717) is 17.1 Å². The van der Waals surface area contributed by atoms with Crippen LogP contribution in [0.3, 0.4) is 0 Å². The topological polar surface area (TPSA) is 38.9 Å². The average molecular weight is 276 g/mol. The number of benzene rings is 1. The van der Waals surface area contributed by atoms with E-state index < -0.39 is 0 Å². The van der Waals surface area contributed by atoms with Crippen molar-refractivity contribution in [1.82, 2.24) is 10.2 Å². The van der Waals surface area contributed by atoms with E-state index in [2.05, 4.69) is 55.2 Å². The lowest BCUT2D eigenvalue weighted by Crippen LogP contribution is -1.98. The van der Waals surface area contributed by atoms with Crippen molar-refractivity contribution in [1.29, 1.82) is 0 Å². The Morgan fingerprint density at radius 2 is 1.84 bits per heavy atom. The zero-order valence-electron chi connectivity index (χ0n) is 11.7. The molecule has 102 valence electrons. The van der Waals surface area contributed by atoms with Gasteiger partial charge in [0.2, 0.25) is 5.89 Å². The largest absolute Gasteiger partial charge is 0.416 e. The van der Waals surface area contributed by atoms with Crippen LogP contribution in [0.2, 0.25) is 0 Å². The third-order valence-electron chi connectivity index (χ3n) is 2.84. The summed E-state index contributed by atoms with van der Waals surface area (Å²) in [5, 5.41) is 8.89. The lowest BCUT2D eigenvalue weighted by molar-refractivity contribution is 0.404. The van der Waals surface area contributed by atoms with E-state index in [1.807, 2.05) is 6.07 Å². The van der Waals surface area contributed by atoms with Crippen LogP contribution in [0.5, 0.6) is 0 Å².